The minimum absolute atomic E-state index is 0.750. The predicted octanol–water partition coefficient (Wildman–Crippen LogP) is 3.77. The van der Waals surface area contributed by atoms with E-state index in [1.54, 1.807) is 0 Å². The first-order valence-electron chi connectivity index (χ1n) is 4.49. The predicted molar refractivity (Wildman–Crippen MR) is 65.7 cm³/mol. The van der Waals surface area contributed by atoms with Gasteiger partial charge in [-0.15, -0.1) is 6.58 Å². The molecule has 0 radical (unpaired) electrons. The Labute approximate surface area is 98.3 Å². The molecule has 0 saturated carbocycles. The zero-order valence-corrected chi connectivity index (χ0v) is 10.2. The Morgan fingerprint density at radius 1 is 1.50 bits per heavy atom. The third kappa shape index (κ3) is 3.82. The van der Waals surface area contributed by atoms with Crippen LogP contribution in [0.15, 0.2) is 35.3 Å². The first kappa shape index (κ1) is 11.8. The Morgan fingerprint density at radius 3 is 2.93 bits per heavy atom. The van der Waals surface area contributed by atoms with Crippen LogP contribution in [0.2, 0.25) is 5.02 Å². The topological polar surface area (TPSA) is 12.0 Å². The highest BCUT2D eigenvalue weighted by Crippen LogP contribution is 2.22. The summed E-state index contributed by atoms with van der Waals surface area (Å²) in [5.74, 6) is 0. The van der Waals surface area contributed by atoms with Gasteiger partial charge in [0.15, 0.2) is 0 Å². The minimum Gasteiger partial charge on any atom is -0.312 e. The molecule has 0 amide bonds. The van der Waals surface area contributed by atoms with Crippen molar-refractivity contribution in [2.24, 2.45) is 0 Å². The lowest BCUT2D eigenvalue weighted by molar-refractivity contribution is 0.695. The molecule has 0 unspecified atom stereocenters. The van der Waals surface area contributed by atoms with Gasteiger partial charge in [-0.1, -0.05) is 23.7 Å². The van der Waals surface area contributed by atoms with Gasteiger partial charge in [0.1, 0.15) is 0 Å². The van der Waals surface area contributed by atoms with Gasteiger partial charge in [-0.2, -0.15) is 0 Å². The standard InChI is InChI=1S/C11H13BrClN/c1-2-3-6-14-8-9-4-5-11(13)10(12)7-9/h2,4-5,7,14H,1,3,6,8H2. The lowest BCUT2D eigenvalue weighted by atomic mass is 10.2. The molecule has 1 aromatic carbocycles. The second-order valence-electron chi connectivity index (χ2n) is 3.00. The Morgan fingerprint density at radius 2 is 2.29 bits per heavy atom. The fraction of sp³-hybridized carbons (Fsp3) is 0.273. The van der Waals surface area contributed by atoms with Gasteiger partial charge in [0.25, 0.3) is 0 Å². The van der Waals surface area contributed by atoms with Gasteiger partial charge in [0.2, 0.25) is 0 Å². The fourth-order valence-electron chi connectivity index (χ4n) is 1.09. The van der Waals surface area contributed by atoms with E-state index in [4.69, 9.17) is 11.6 Å². The van der Waals surface area contributed by atoms with Gasteiger partial charge in [-0.3, -0.25) is 0 Å². The molecule has 0 saturated heterocycles. The van der Waals surface area contributed by atoms with E-state index >= 15 is 0 Å². The van der Waals surface area contributed by atoms with Gasteiger partial charge in [0, 0.05) is 11.0 Å². The number of rotatable bonds is 5. The number of halogens is 2. The first-order chi connectivity index (χ1) is 6.74. The summed E-state index contributed by atoms with van der Waals surface area (Å²) in [7, 11) is 0. The maximum Gasteiger partial charge on any atom is 0.0548 e. The number of benzene rings is 1. The lowest BCUT2D eigenvalue weighted by Gasteiger charge is -2.04. The molecule has 1 rings (SSSR count). The van der Waals surface area contributed by atoms with Gasteiger partial charge < -0.3 is 5.32 Å². The van der Waals surface area contributed by atoms with E-state index in [-0.39, 0.29) is 0 Å². The monoisotopic (exact) mass is 273 g/mol. The maximum atomic E-state index is 5.88. The molecule has 76 valence electrons. The molecule has 1 aromatic rings. The van der Waals surface area contributed by atoms with E-state index in [9.17, 15) is 0 Å². The highest BCUT2D eigenvalue weighted by molar-refractivity contribution is 9.10. The SMILES string of the molecule is C=CCCNCc1ccc(Cl)c(Br)c1. The van der Waals surface area contributed by atoms with Crippen molar-refractivity contribution in [3.8, 4) is 0 Å². The zero-order valence-electron chi connectivity index (χ0n) is 7.89. The number of hydrogen-bond donors (Lipinski definition) is 1. The summed E-state index contributed by atoms with van der Waals surface area (Å²) >= 11 is 9.28. The molecule has 14 heavy (non-hydrogen) atoms. The van der Waals surface area contributed by atoms with E-state index in [0.29, 0.717) is 0 Å². The molecular weight excluding hydrogens is 261 g/mol. The van der Waals surface area contributed by atoms with Crippen molar-refractivity contribution >= 4 is 27.5 Å². The molecule has 0 bridgehead atoms. The van der Waals surface area contributed by atoms with E-state index < -0.39 is 0 Å². The molecule has 0 aromatic heterocycles. The van der Waals surface area contributed by atoms with E-state index in [1.165, 1.54) is 5.56 Å². The third-order valence-corrected chi connectivity index (χ3v) is 3.05. The highest BCUT2D eigenvalue weighted by Gasteiger charge is 1.97. The van der Waals surface area contributed by atoms with Crippen LogP contribution in [-0.2, 0) is 6.54 Å². The van der Waals surface area contributed by atoms with Crippen molar-refractivity contribution in [2.75, 3.05) is 6.54 Å². The summed E-state index contributed by atoms with van der Waals surface area (Å²) in [4.78, 5) is 0. The summed E-state index contributed by atoms with van der Waals surface area (Å²) in [6.45, 7) is 5.49. The largest absolute Gasteiger partial charge is 0.312 e. The molecule has 0 spiro atoms. The van der Waals surface area contributed by atoms with Crippen molar-refractivity contribution < 1.29 is 0 Å². The number of hydrogen-bond acceptors (Lipinski definition) is 1. The molecule has 0 atom stereocenters. The van der Waals surface area contributed by atoms with E-state index in [1.807, 2.05) is 24.3 Å². The Bertz CT molecular complexity index is 312. The van der Waals surface area contributed by atoms with Crippen LogP contribution in [-0.4, -0.2) is 6.54 Å². The summed E-state index contributed by atoms with van der Waals surface area (Å²) in [6.07, 6.45) is 2.90. The summed E-state index contributed by atoms with van der Waals surface area (Å²) in [5, 5.41) is 4.06. The first-order valence-corrected chi connectivity index (χ1v) is 5.66. The van der Waals surface area contributed by atoms with Crippen molar-refractivity contribution in [1.29, 1.82) is 0 Å². The number of nitrogens with one attached hydrogen (secondary N) is 1. The quantitative estimate of drug-likeness (QED) is 0.637. The minimum atomic E-state index is 0.750. The summed E-state index contributed by atoms with van der Waals surface area (Å²) in [5.41, 5.74) is 1.23. The van der Waals surface area contributed by atoms with Crippen LogP contribution in [0, 0.1) is 0 Å². The Kier molecular flexibility index (Phi) is 5.23. The van der Waals surface area contributed by atoms with E-state index in [0.717, 1.165) is 29.0 Å². The summed E-state index contributed by atoms with van der Waals surface area (Å²) < 4.78 is 0.946. The van der Waals surface area contributed by atoms with Crippen LogP contribution in [0.5, 0.6) is 0 Å². The molecule has 0 aliphatic rings. The second-order valence-corrected chi connectivity index (χ2v) is 4.26. The van der Waals surface area contributed by atoms with Gasteiger partial charge in [0.05, 0.1) is 5.02 Å². The van der Waals surface area contributed by atoms with Crippen LogP contribution in [0.4, 0.5) is 0 Å². The highest BCUT2D eigenvalue weighted by atomic mass is 79.9. The van der Waals surface area contributed by atoms with Crippen LogP contribution in [0.25, 0.3) is 0 Å². The van der Waals surface area contributed by atoms with Crippen LogP contribution in [0.3, 0.4) is 0 Å². The molecular formula is C11H13BrClN. The van der Waals surface area contributed by atoms with Gasteiger partial charge >= 0.3 is 0 Å². The lowest BCUT2D eigenvalue weighted by Crippen LogP contribution is -2.13. The average molecular weight is 275 g/mol. The molecule has 0 fully saturated rings. The van der Waals surface area contributed by atoms with Crippen molar-refractivity contribution in [1.82, 2.24) is 5.32 Å². The van der Waals surface area contributed by atoms with Gasteiger partial charge in [-0.05, 0) is 46.6 Å². The second kappa shape index (κ2) is 6.23. The Balaban J connectivity index is 2.43. The molecule has 3 heteroatoms. The maximum absolute atomic E-state index is 5.88. The smallest absolute Gasteiger partial charge is 0.0548 e. The Hall–Kier alpha value is -0.310. The van der Waals surface area contributed by atoms with Crippen molar-refractivity contribution in [3.05, 3.63) is 45.9 Å². The normalized spacial score (nSPS) is 10.1. The third-order valence-electron chi connectivity index (χ3n) is 1.84. The fourth-order valence-corrected chi connectivity index (χ4v) is 1.63. The molecule has 0 aliphatic heterocycles. The van der Waals surface area contributed by atoms with Crippen LogP contribution < -0.4 is 5.32 Å². The summed E-state index contributed by atoms with van der Waals surface area (Å²) in [6, 6.07) is 5.95. The zero-order chi connectivity index (χ0) is 10.4. The molecule has 1 N–H and O–H groups in total. The van der Waals surface area contributed by atoms with Crippen molar-refractivity contribution in [3.63, 3.8) is 0 Å². The van der Waals surface area contributed by atoms with Crippen molar-refractivity contribution in [2.45, 2.75) is 13.0 Å². The van der Waals surface area contributed by atoms with E-state index in [2.05, 4.69) is 27.8 Å². The van der Waals surface area contributed by atoms with Gasteiger partial charge in [-0.25, -0.2) is 0 Å². The molecule has 1 nitrogen and oxygen atoms in total. The van der Waals surface area contributed by atoms with Crippen LogP contribution in [0.1, 0.15) is 12.0 Å². The van der Waals surface area contributed by atoms with Crippen LogP contribution >= 0.6 is 27.5 Å². The molecule has 0 aliphatic carbocycles. The average Bonchev–Trinajstić information content (AvgIpc) is 2.18. The molecule has 0 heterocycles.